The van der Waals surface area contributed by atoms with Gasteiger partial charge in [-0.05, 0) is 43.7 Å². The summed E-state index contributed by atoms with van der Waals surface area (Å²) < 4.78 is 23.2. The summed E-state index contributed by atoms with van der Waals surface area (Å²) >= 11 is 0. The number of allylic oxidation sites excluding steroid dienone is 1. The highest BCUT2D eigenvalue weighted by atomic mass is 32.2. The van der Waals surface area contributed by atoms with Gasteiger partial charge in [-0.25, -0.2) is 23.3 Å². The van der Waals surface area contributed by atoms with Crippen molar-refractivity contribution in [2.45, 2.75) is 37.5 Å². The molecule has 1 saturated heterocycles. The molecule has 2 unspecified atom stereocenters. The fourth-order valence-corrected chi connectivity index (χ4v) is 5.11. The molecule has 34 heavy (non-hydrogen) atoms. The molecule has 2 aromatic carbocycles. The third kappa shape index (κ3) is 3.44. The molecule has 5 rings (SSSR count). The zero-order valence-corrected chi connectivity index (χ0v) is 19.7. The summed E-state index contributed by atoms with van der Waals surface area (Å²) in [5.74, 6) is 0.185. The molecule has 3 aliphatic heterocycles. The first-order valence-corrected chi connectivity index (χ1v) is 12.2. The number of carbonyl (C=O) groups excluding carboxylic acids is 2. The lowest BCUT2D eigenvalue weighted by atomic mass is 10.1. The first-order chi connectivity index (χ1) is 16.1. The van der Waals surface area contributed by atoms with Gasteiger partial charge in [-0.2, -0.15) is 0 Å². The monoisotopic (exact) mass is 480 g/mol. The Labute approximate surface area is 197 Å². The molecule has 2 atom stereocenters. The van der Waals surface area contributed by atoms with Gasteiger partial charge in [-0.1, -0.05) is 29.8 Å². The predicted molar refractivity (Wildman–Crippen MR) is 126 cm³/mol. The maximum atomic E-state index is 13.5. The Kier molecular flexibility index (Phi) is 4.99. The zero-order valence-electron chi connectivity index (χ0n) is 18.9. The number of sulfonamides is 1. The normalized spacial score (nSPS) is 22.1. The highest BCUT2D eigenvalue weighted by Gasteiger charge is 2.54. The van der Waals surface area contributed by atoms with E-state index in [2.05, 4.69) is 0 Å². The van der Waals surface area contributed by atoms with Gasteiger partial charge in [0.2, 0.25) is 16.0 Å². The molecule has 2 N–H and O–H groups in total. The summed E-state index contributed by atoms with van der Waals surface area (Å²) in [4.78, 5) is 37.7. The smallest absolute Gasteiger partial charge is 0.302 e. The van der Waals surface area contributed by atoms with Gasteiger partial charge in [-0.3, -0.25) is 14.6 Å². The molecule has 11 heteroatoms. The Hall–Kier alpha value is -3.70. The second-order valence-corrected chi connectivity index (χ2v) is 10.2. The minimum atomic E-state index is -3.81. The van der Waals surface area contributed by atoms with Crippen LogP contribution in [-0.2, 0) is 21.4 Å². The molecular formula is C23H24N6O4S. The van der Waals surface area contributed by atoms with E-state index in [0.29, 0.717) is 11.6 Å². The van der Waals surface area contributed by atoms with E-state index in [1.807, 2.05) is 49.2 Å². The number of aryl methyl sites for hydroxylation is 1. The first-order valence-electron chi connectivity index (χ1n) is 10.7. The Bertz CT molecular complexity index is 1370. The van der Waals surface area contributed by atoms with Crippen molar-refractivity contribution in [3.8, 4) is 0 Å². The maximum Gasteiger partial charge on any atom is 0.328 e. The van der Waals surface area contributed by atoms with Crippen LogP contribution in [-0.4, -0.2) is 60.3 Å². The second-order valence-electron chi connectivity index (χ2n) is 8.65. The summed E-state index contributed by atoms with van der Waals surface area (Å²) in [5.41, 5.74) is 3.39. The van der Waals surface area contributed by atoms with Crippen LogP contribution in [0.1, 0.15) is 18.1 Å². The molecule has 3 heterocycles. The number of hydrogen-bond donors (Lipinski definition) is 1. The molecule has 10 nitrogen and oxygen atoms in total. The Morgan fingerprint density at radius 2 is 1.76 bits per heavy atom. The molecule has 0 bridgehead atoms. The van der Waals surface area contributed by atoms with E-state index in [1.54, 1.807) is 24.1 Å². The lowest BCUT2D eigenvalue weighted by Crippen LogP contribution is -2.63. The summed E-state index contributed by atoms with van der Waals surface area (Å²) in [6.45, 7) is 4.01. The molecule has 0 saturated carbocycles. The number of benzene rings is 2. The number of primary sulfonamides is 1. The van der Waals surface area contributed by atoms with E-state index in [1.165, 1.54) is 21.9 Å². The van der Waals surface area contributed by atoms with Crippen molar-refractivity contribution in [3.63, 3.8) is 0 Å². The fourth-order valence-electron chi connectivity index (χ4n) is 4.60. The number of urea groups is 1. The summed E-state index contributed by atoms with van der Waals surface area (Å²) in [6, 6.07) is 12.7. The number of likely N-dealkylation sites (N-methyl/N-ethyl adjacent to an activating group) is 1. The van der Waals surface area contributed by atoms with E-state index in [-0.39, 0.29) is 17.3 Å². The van der Waals surface area contributed by atoms with E-state index < -0.39 is 28.3 Å². The SMILES string of the molecule is CC1=CN2C(=NC3C2C(=O)N(Cc2cccc(C)c2)C(=O)N3C)N1c1ccc(S(N)(=O)=O)cc1. The van der Waals surface area contributed by atoms with Crippen molar-refractivity contribution in [2.24, 2.45) is 10.1 Å². The van der Waals surface area contributed by atoms with Crippen LogP contribution in [0.5, 0.6) is 0 Å². The van der Waals surface area contributed by atoms with Gasteiger partial charge in [0.05, 0.1) is 11.4 Å². The number of aliphatic imine (C=N–C) groups is 1. The highest BCUT2D eigenvalue weighted by molar-refractivity contribution is 7.89. The average Bonchev–Trinajstić information content (AvgIpc) is 3.29. The number of amides is 3. The molecule has 176 valence electrons. The summed E-state index contributed by atoms with van der Waals surface area (Å²) in [7, 11) is -2.17. The standard InChI is InChI=1S/C23H24N6O4S/c1-14-5-4-6-16(11-14)13-28-21(30)19-20(26(3)23(28)31)25-22-27(19)12-15(2)29(22)17-7-9-18(10-8-17)34(24,32)33/h4-12,19-20H,13H2,1-3H3,(H2,24,32,33). The van der Waals surface area contributed by atoms with Crippen molar-refractivity contribution in [3.05, 3.63) is 71.6 Å². The van der Waals surface area contributed by atoms with Crippen molar-refractivity contribution < 1.29 is 18.0 Å². The van der Waals surface area contributed by atoms with Crippen LogP contribution in [0.25, 0.3) is 0 Å². The third-order valence-corrected chi connectivity index (χ3v) is 7.16. The quantitative estimate of drug-likeness (QED) is 0.713. The van der Waals surface area contributed by atoms with E-state index in [9.17, 15) is 18.0 Å². The number of guanidine groups is 1. The van der Waals surface area contributed by atoms with Crippen LogP contribution in [0.15, 0.2) is 70.3 Å². The summed E-state index contributed by atoms with van der Waals surface area (Å²) in [5, 5.41) is 5.21. The Morgan fingerprint density at radius 3 is 2.41 bits per heavy atom. The van der Waals surface area contributed by atoms with Crippen molar-refractivity contribution >= 4 is 33.6 Å². The molecule has 0 radical (unpaired) electrons. The van der Waals surface area contributed by atoms with Crippen LogP contribution >= 0.6 is 0 Å². The second kappa shape index (κ2) is 7.67. The minimum absolute atomic E-state index is 0.00302. The van der Waals surface area contributed by atoms with Crippen LogP contribution in [0.3, 0.4) is 0 Å². The molecule has 3 aliphatic rings. The van der Waals surface area contributed by atoms with Crippen LogP contribution in [0.4, 0.5) is 10.5 Å². The molecular weight excluding hydrogens is 456 g/mol. The fraction of sp³-hybridized carbons (Fsp3) is 0.261. The lowest BCUT2D eigenvalue weighted by Gasteiger charge is -2.40. The van der Waals surface area contributed by atoms with Crippen LogP contribution in [0.2, 0.25) is 0 Å². The van der Waals surface area contributed by atoms with E-state index >= 15 is 0 Å². The number of carbonyl (C=O) groups is 2. The van der Waals surface area contributed by atoms with Crippen molar-refractivity contribution in [2.75, 3.05) is 11.9 Å². The van der Waals surface area contributed by atoms with E-state index in [4.69, 9.17) is 10.1 Å². The molecule has 0 aromatic heterocycles. The van der Waals surface area contributed by atoms with Crippen molar-refractivity contribution in [1.29, 1.82) is 0 Å². The third-order valence-electron chi connectivity index (χ3n) is 6.23. The lowest BCUT2D eigenvalue weighted by molar-refractivity contribution is -0.137. The number of fused-ring (bicyclic) bond motifs is 3. The Balaban J connectivity index is 1.46. The topological polar surface area (TPSA) is 120 Å². The van der Waals surface area contributed by atoms with Gasteiger partial charge >= 0.3 is 6.03 Å². The molecule has 2 aromatic rings. The predicted octanol–water partition coefficient (Wildman–Crippen LogP) is 1.78. The maximum absolute atomic E-state index is 13.5. The zero-order chi connectivity index (χ0) is 24.4. The van der Waals surface area contributed by atoms with Crippen molar-refractivity contribution in [1.82, 2.24) is 14.7 Å². The molecule has 0 spiro atoms. The molecule has 3 amide bonds. The average molecular weight is 481 g/mol. The minimum Gasteiger partial charge on any atom is -0.302 e. The summed E-state index contributed by atoms with van der Waals surface area (Å²) in [6.07, 6.45) is 1.16. The van der Waals surface area contributed by atoms with E-state index in [0.717, 1.165) is 16.8 Å². The number of anilines is 1. The van der Waals surface area contributed by atoms with Crippen LogP contribution in [0, 0.1) is 6.92 Å². The number of rotatable bonds is 4. The number of nitrogens with two attached hydrogens (primary N) is 1. The van der Waals surface area contributed by atoms with Gasteiger partial charge in [0.15, 0.2) is 12.2 Å². The van der Waals surface area contributed by atoms with Crippen LogP contribution < -0.4 is 10.0 Å². The van der Waals surface area contributed by atoms with Gasteiger partial charge in [0.1, 0.15) is 0 Å². The number of hydrogen-bond acceptors (Lipinski definition) is 7. The molecule has 0 aliphatic carbocycles. The molecule has 1 fully saturated rings. The highest BCUT2D eigenvalue weighted by Crippen LogP contribution is 2.37. The van der Waals surface area contributed by atoms with Gasteiger partial charge in [-0.15, -0.1) is 0 Å². The van der Waals surface area contributed by atoms with Gasteiger partial charge in [0, 0.05) is 24.6 Å². The Morgan fingerprint density at radius 1 is 1.06 bits per heavy atom. The largest absolute Gasteiger partial charge is 0.328 e. The first kappa shape index (κ1) is 22.1. The number of nitrogens with zero attached hydrogens (tertiary/aromatic N) is 5. The van der Waals surface area contributed by atoms with Gasteiger partial charge < -0.3 is 9.80 Å². The van der Waals surface area contributed by atoms with Gasteiger partial charge in [0.25, 0.3) is 5.91 Å². The number of imide groups is 1.